The third kappa shape index (κ3) is 3.95. The van der Waals surface area contributed by atoms with E-state index in [0.717, 1.165) is 0 Å². The average molecular weight is 388 g/mol. The minimum atomic E-state index is -0.689. The molecule has 148 valence electrons. The first-order valence-electron chi connectivity index (χ1n) is 8.47. The predicted molar refractivity (Wildman–Crippen MR) is 98.1 cm³/mol. The molecule has 0 spiro atoms. The molecule has 0 saturated heterocycles. The average Bonchev–Trinajstić information content (AvgIpc) is 2.75. The van der Waals surface area contributed by atoms with Crippen LogP contribution >= 0.6 is 0 Å². The number of rotatable bonds is 7. The molecule has 1 aliphatic heterocycles. The van der Waals surface area contributed by atoms with E-state index in [1.807, 2.05) is 0 Å². The molecule has 1 aliphatic rings. The number of hydrogen-bond donors (Lipinski definition) is 0. The quantitative estimate of drug-likeness (QED) is 0.528. The summed E-state index contributed by atoms with van der Waals surface area (Å²) in [6.45, 7) is 0.298. The molecule has 0 aliphatic carbocycles. The summed E-state index contributed by atoms with van der Waals surface area (Å²) >= 11 is 0. The van der Waals surface area contributed by atoms with Gasteiger partial charge in [-0.25, -0.2) is 4.79 Å². The molecule has 1 heterocycles. The van der Waals surface area contributed by atoms with E-state index in [9.17, 15) is 9.59 Å². The van der Waals surface area contributed by atoms with Crippen molar-refractivity contribution in [3.63, 3.8) is 0 Å². The molecule has 0 saturated carbocycles. The fraction of sp³-hybridized carbons (Fsp3) is 0.300. The molecule has 0 bridgehead atoms. The van der Waals surface area contributed by atoms with Gasteiger partial charge in [-0.2, -0.15) is 0 Å². The van der Waals surface area contributed by atoms with Crippen molar-refractivity contribution in [1.29, 1.82) is 0 Å². The molecule has 28 heavy (non-hydrogen) atoms. The van der Waals surface area contributed by atoms with Gasteiger partial charge in [-0.1, -0.05) is 0 Å². The van der Waals surface area contributed by atoms with Crippen LogP contribution in [0.15, 0.2) is 30.3 Å². The molecular weight excluding hydrogens is 368 g/mol. The van der Waals surface area contributed by atoms with Crippen molar-refractivity contribution in [1.82, 2.24) is 0 Å². The first kappa shape index (κ1) is 19.3. The lowest BCUT2D eigenvalue weighted by Gasteiger charge is -2.21. The minimum absolute atomic E-state index is 0.187. The van der Waals surface area contributed by atoms with E-state index in [-0.39, 0.29) is 11.1 Å². The van der Waals surface area contributed by atoms with Gasteiger partial charge >= 0.3 is 5.97 Å². The van der Waals surface area contributed by atoms with E-state index >= 15 is 0 Å². The van der Waals surface area contributed by atoms with Crippen molar-refractivity contribution in [2.45, 2.75) is 0 Å². The van der Waals surface area contributed by atoms with Crippen LogP contribution in [-0.2, 0) is 4.74 Å². The second-order valence-corrected chi connectivity index (χ2v) is 5.77. The molecule has 3 rings (SSSR count). The van der Waals surface area contributed by atoms with Gasteiger partial charge in [-0.3, -0.25) is 4.79 Å². The number of hydrogen-bond acceptors (Lipinski definition) is 8. The summed E-state index contributed by atoms with van der Waals surface area (Å²) in [5.41, 5.74) is 0.445. The highest BCUT2D eigenvalue weighted by Gasteiger charge is 2.22. The van der Waals surface area contributed by atoms with Gasteiger partial charge in [0.25, 0.3) is 0 Å². The van der Waals surface area contributed by atoms with Gasteiger partial charge in [0.05, 0.1) is 32.5 Å². The topological polar surface area (TPSA) is 89.5 Å². The summed E-state index contributed by atoms with van der Waals surface area (Å²) in [5, 5.41) is 0. The Morgan fingerprint density at radius 3 is 2.39 bits per heavy atom. The summed E-state index contributed by atoms with van der Waals surface area (Å²) < 4.78 is 31.7. The number of ketones is 1. The van der Waals surface area contributed by atoms with Crippen LogP contribution in [-0.4, -0.2) is 52.9 Å². The lowest BCUT2D eigenvalue weighted by molar-refractivity contribution is 0.0472. The highest BCUT2D eigenvalue weighted by molar-refractivity contribution is 6.01. The maximum Gasteiger partial charge on any atom is 0.338 e. The Morgan fingerprint density at radius 2 is 1.68 bits per heavy atom. The number of ether oxygens (including phenoxy) is 6. The van der Waals surface area contributed by atoms with Crippen LogP contribution in [0.4, 0.5) is 0 Å². The Labute approximate surface area is 161 Å². The van der Waals surface area contributed by atoms with E-state index in [1.54, 1.807) is 12.1 Å². The number of Topliss-reactive ketones (excluding diaryl/α,β-unsaturated/α-hetero) is 1. The molecule has 0 N–H and O–H groups in total. The Bertz CT molecular complexity index is 873. The van der Waals surface area contributed by atoms with Crippen molar-refractivity contribution in [2.24, 2.45) is 0 Å². The van der Waals surface area contributed by atoms with Crippen LogP contribution in [0.5, 0.6) is 28.7 Å². The zero-order chi connectivity index (χ0) is 20.1. The largest absolute Gasteiger partial charge is 0.497 e. The zero-order valence-electron chi connectivity index (χ0n) is 15.8. The third-order valence-corrected chi connectivity index (χ3v) is 4.11. The van der Waals surface area contributed by atoms with Crippen LogP contribution < -0.4 is 23.7 Å². The number of benzene rings is 2. The van der Waals surface area contributed by atoms with E-state index in [0.29, 0.717) is 42.0 Å². The van der Waals surface area contributed by atoms with Crippen molar-refractivity contribution in [3.05, 3.63) is 41.5 Å². The van der Waals surface area contributed by atoms with Crippen LogP contribution in [0.25, 0.3) is 0 Å². The van der Waals surface area contributed by atoms with Gasteiger partial charge in [0.1, 0.15) is 24.7 Å². The molecule has 0 fully saturated rings. The number of carbonyl (C=O) groups is 2. The number of esters is 1. The molecule has 0 amide bonds. The monoisotopic (exact) mass is 388 g/mol. The normalized spacial score (nSPS) is 12.1. The van der Waals surface area contributed by atoms with Crippen molar-refractivity contribution in [2.75, 3.05) is 41.2 Å². The van der Waals surface area contributed by atoms with Gasteiger partial charge in [0.2, 0.25) is 11.5 Å². The fourth-order valence-corrected chi connectivity index (χ4v) is 2.72. The van der Waals surface area contributed by atoms with Crippen LogP contribution in [0.1, 0.15) is 20.7 Å². The smallest absolute Gasteiger partial charge is 0.338 e. The zero-order valence-corrected chi connectivity index (χ0v) is 15.8. The highest BCUT2D eigenvalue weighted by atomic mass is 16.6. The van der Waals surface area contributed by atoms with Gasteiger partial charge in [0.15, 0.2) is 18.1 Å². The fourth-order valence-electron chi connectivity index (χ4n) is 2.72. The Balaban J connectivity index is 1.75. The summed E-state index contributed by atoms with van der Waals surface area (Å²) in [5.74, 6) is 0.916. The van der Waals surface area contributed by atoms with Crippen molar-refractivity contribution >= 4 is 11.8 Å². The Kier molecular flexibility index (Phi) is 5.88. The van der Waals surface area contributed by atoms with Gasteiger partial charge < -0.3 is 28.4 Å². The maximum atomic E-state index is 12.5. The molecule has 2 aromatic rings. The molecule has 2 aromatic carbocycles. The first-order valence-corrected chi connectivity index (χ1v) is 8.47. The highest BCUT2D eigenvalue weighted by Crippen LogP contribution is 2.40. The van der Waals surface area contributed by atoms with Crippen LogP contribution in [0.3, 0.4) is 0 Å². The van der Waals surface area contributed by atoms with E-state index in [1.165, 1.54) is 39.5 Å². The molecule has 0 unspecified atom stereocenters. The Hall–Kier alpha value is -3.42. The summed E-state index contributed by atoms with van der Waals surface area (Å²) in [6, 6.07) is 7.78. The standard InChI is InChI=1S/C20H20O8/c1-23-13-4-5-16(24-2)14(10-13)15(21)11-28-20(22)12-8-17(25-3)19-18(9-12)26-6-7-27-19/h4-5,8-10H,6-7,11H2,1-3H3. The molecule has 8 heteroatoms. The number of fused-ring (bicyclic) bond motifs is 1. The van der Waals surface area contributed by atoms with E-state index in [2.05, 4.69) is 0 Å². The second-order valence-electron chi connectivity index (χ2n) is 5.77. The number of methoxy groups -OCH3 is 3. The van der Waals surface area contributed by atoms with Crippen LogP contribution in [0, 0.1) is 0 Å². The molecule has 0 radical (unpaired) electrons. The summed E-state index contributed by atoms with van der Waals surface area (Å²) in [4.78, 5) is 24.9. The SMILES string of the molecule is COc1ccc(OC)c(C(=O)COC(=O)c2cc(OC)c3c(c2)OCCO3)c1. The minimum Gasteiger partial charge on any atom is -0.497 e. The lowest BCUT2D eigenvalue weighted by Crippen LogP contribution is -2.18. The van der Waals surface area contributed by atoms with E-state index < -0.39 is 18.4 Å². The third-order valence-electron chi connectivity index (χ3n) is 4.11. The van der Waals surface area contributed by atoms with Gasteiger partial charge in [-0.15, -0.1) is 0 Å². The summed E-state index contributed by atoms with van der Waals surface area (Å²) in [7, 11) is 4.40. The van der Waals surface area contributed by atoms with Gasteiger partial charge in [0, 0.05) is 0 Å². The second kappa shape index (κ2) is 8.51. The first-order chi connectivity index (χ1) is 13.6. The summed E-state index contributed by atoms with van der Waals surface area (Å²) in [6.07, 6.45) is 0. The molecule has 0 atom stereocenters. The van der Waals surface area contributed by atoms with Crippen molar-refractivity contribution < 1.29 is 38.0 Å². The van der Waals surface area contributed by atoms with E-state index in [4.69, 9.17) is 28.4 Å². The Morgan fingerprint density at radius 1 is 0.929 bits per heavy atom. The molecule has 0 aromatic heterocycles. The van der Waals surface area contributed by atoms with Crippen LogP contribution in [0.2, 0.25) is 0 Å². The lowest BCUT2D eigenvalue weighted by atomic mass is 10.1. The maximum absolute atomic E-state index is 12.5. The molecular formula is C20H20O8. The van der Waals surface area contributed by atoms with Gasteiger partial charge in [-0.05, 0) is 30.3 Å². The number of carbonyl (C=O) groups excluding carboxylic acids is 2. The predicted octanol–water partition coefficient (Wildman–Crippen LogP) is 2.52. The van der Waals surface area contributed by atoms with Crippen molar-refractivity contribution in [3.8, 4) is 28.7 Å². The molecule has 8 nitrogen and oxygen atoms in total.